The lowest BCUT2D eigenvalue weighted by Gasteiger charge is -2.18. The summed E-state index contributed by atoms with van der Waals surface area (Å²) >= 11 is 6.40. The highest BCUT2D eigenvalue weighted by Crippen LogP contribution is 2.34. The fraction of sp³-hybridized carbons (Fsp3) is 0.375. The number of hydrogen-bond donors (Lipinski definition) is 0. The summed E-state index contributed by atoms with van der Waals surface area (Å²) in [5.41, 5.74) is -0.189. The molecule has 1 aromatic rings. The monoisotopic (exact) mass is 373 g/mol. The molecular formula is C16H14F3NO2S2. The number of hydrogen-bond acceptors (Lipinski definition) is 4. The van der Waals surface area contributed by atoms with Gasteiger partial charge in [-0.2, -0.15) is 13.2 Å². The van der Waals surface area contributed by atoms with Crippen molar-refractivity contribution in [2.75, 3.05) is 13.2 Å². The van der Waals surface area contributed by atoms with Crippen LogP contribution in [0.25, 0.3) is 6.08 Å². The van der Waals surface area contributed by atoms with E-state index in [1.54, 1.807) is 6.08 Å². The molecular weight excluding hydrogens is 359 g/mol. The largest absolute Gasteiger partial charge is 0.416 e. The first kappa shape index (κ1) is 17.4. The Hall–Kier alpha value is -1.38. The number of nitrogens with zero attached hydrogens (tertiary/aromatic N) is 1. The first-order valence-corrected chi connectivity index (χ1v) is 8.61. The standard InChI is InChI=1S/C16H14F3NO2S2/c17-16(18,19)11-5-3-10(4-6-11)8-13-14(21)20(15(23)24-13)9-12-2-1-7-22-12/h3-6,8,12H,1-2,7,9H2/b13-8-. The van der Waals surface area contributed by atoms with Gasteiger partial charge in [0.1, 0.15) is 4.32 Å². The Morgan fingerprint density at radius 2 is 2.04 bits per heavy atom. The lowest BCUT2D eigenvalue weighted by molar-refractivity contribution is -0.137. The Balaban J connectivity index is 1.73. The molecule has 24 heavy (non-hydrogen) atoms. The zero-order valence-electron chi connectivity index (χ0n) is 12.5. The zero-order valence-corrected chi connectivity index (χ0v) is 14.1. The Morgan fingerprint density at radius 3 is 2.62 bits per heavy atom. The second-order valence-electron chi connectivity index (χ2n) is 5.55. The Morgan fingerprint density at radius 1 is 1.33 bits per heavy atom. The van der Waals surface area contributed by atoms with Gasteiger partial charge in [0.25, 0.3) is 5.91 Å². The van der Waals surface area contributed by atoms with E-state index < -0.39 is 11.7 Å². The van der Waals surface area contributed by atoms with Crippen molar-refractivity contribution in [2.24, 2.45) is 0 Å². The Kier molecular flexibility index (Phi) is 4.98. The first-order valence-electron chi connectivity index (χ1n) is 7.39. The number of benzene rings is 1. The molecule has 0 N–H and O–H groups in total. The molecule has 0 radical (unpaired) electrons. The van der Waals surface area contributed by atoms with Gasteiger partial charge >= 0.3 is 6.18 Å². The predicted octanol–water partition coefficient (Wildman–Crippen LogP) is 4.09. The van der Waals surface area contributed by atoms with Crippen molar-refractivity contribution in [3.63, 3.8) is 0 Å². The smallest absolute Gasteiger partial charge is 0.376 e. The van der Waals surface area contributed by atoms with Crippen molar-refractivity contribution in [1.82, 2.24) is 4.90 Å². The van der Waals surface area contributed by atoms with Gasteiger partial charge in [-0.05, 0) is 36.6 Å². The predicted molar refractivity (Wildman–Crippen MR) is 90.3 cm³/mol. The van der Waals surface area contributed by atoms with Crippen LogP contribution >= 0.6 is 24.0 Å². The third kappa shape index (κ3) is 3.81. The molecule has 2 heterocycles. The minimum Gasteiger partial charge on any atom is -0.376 e. The lowest BCUT2D eigenvalue weighted by Crippen LogP contribution is -2.35. The Labute approximate surface area is 146 Å². The van der Waals surface area contributed by atoms with E-state index in [2.05, 4.69) is 0 Å². The van der Waals surface area contributed by atoms with Crippen LogP contribution in [0.3, 0.4) is 0 Å². The van der Waals surface area contributed by atoms with Gasteiger partial charge in [-0.15, -0.1) is 0 Å². The van der Waals surface area contributed by atoms with E-state index in [0.717, 1.165) is 36.7 Å². The fourth-order valence-electron chi connectivity index (χ4n) is 2.57. The second kappa shape index (κ2) is 6.85. The summed E-state index contributed by atoms with van der Waals surface area (Å²) in [6.45, 7) is 1.12. The van der Waals surface area contributed by atoms with Gasteiger partial charge in [-0.1, -0.05) is 36.1 Å². The first-order chi connectivity index (χ1) is 11.3. The summed E-state index contributed by atoms with van der Waals surface area (Å²) in [6, 6.07) is 4.68. The molecule has 0 aromatic heterocycles. The number of amides is 1. The third-order valence-electron chi connectivity index (χ3n) is 3.82. The number of rotatable bonds is 3. The molecule has 0 aliphatic carbocycles. The lowest BCUT2D eigenvalue weighted by atomic mass is 10.1. The maximum Gasteiger partial charge on any atom is 0.416 e. The molecule has 3 nitrogen and oxygen atoms in total. The van der Waals surface area contributed by atoms with Crippen LogP contribution in [-0.4, -0.2) is 34.4 Å². The molecule has 0 saturated carbocycles. The van der Waals surface area contributed by atoms with Crippen LogP contribution < -0.4 is 0 Å². The highest BCUT2D eigenvalue weighted by Gasteiger charge is 2.34. The number of carbonyl (C=O) groups is 1. The van der Waals surface area contributed by atoms with Crippen molar-refractivity contribution in [1.29, 1.82) is 0 Å². The number of thioether (sulfide) groups is 1. The summed E-state index contributed by atoms with van der Waals surface area (Å²) < 4.78 is 43.7. The van der Waals surface area contributed by atoms with E-state index in [-0.39, 0.29) is 12.0 Å². The van der Waals surface area contributed by atoms with Gasteiger partial charge in [0.15, 0.2) is 0 Å². The number of ether oxygens (including phenoxy) is 1. The molecule has 2 aliphatic heterocycles. The van der Waals surface area contributed by atoms with Crippen molar-refractivity contribution in [2.45, 2.75) is 25.1 Å². The van der Waals surface area contributed by atoms with E-state index in [0.29, 0.717) is 27.9 Å². The topological polar surface area (TPSA) is 29.5 Å². The highest BCUT2D eigenvalue weighted by molar-refractivity contribution is 8.26. The van der Waals surface area contributed by atoms with Crippen LogP contribution in [0.15, 0.2) is 29.2 Å². The van der Waals surface area contributed by atoms with Crippen LogP contribution in [0.4, 0.5) is 13.2 Å². The molecule has 8 heteroatoms. The highest BCUT2D eigenvalue weighted by atomic mass is 32.2. The number of halogens is 3. The average molecular weight is 373 g/mol. The number of alkyl halides is 3. The minimum absolute atomic E-state index is 0.00193. The van der Waals surface area contributed by atoms with Crippen LogP contribution in [0.5, 0.6) is 0 Å². The molecule has 1 atom stereocenters. The molecule has 3 rings (SSSR count). The van der Waals surface area contributed by atoms with Crippen molar-refractivity contribution in [3.8, 4) is 0 Å². The Bertz CT molecular complexity index is 680. The molecule has 1 amide bonds. The van der Waals surface area contributed by atoms with Crippen molar-refractivity contribution < 1.29 is 22.7 Å². The summed E-state index contributed by atoms with van der Waals surface area (Å²) in [4.78, 5) is 14.4. The molecule has 2 saturated heterocycles. The van der Waals surface area contributed by atoms with Crippen LogP contribution in [0, 0.1) is 0 Å². The van der Waals surface area contributed by atoms with E-state index in [1.165, 1.54) is 17.0 Å². The van der Waals surface area contributed by atoms with E-state index >= 15 is 0 Å². The normalized spacial score (nSPS) is 23.5. The van der Waals surface area contributed by atoms with Gasteiger partial charge in [0, 0.05) is 6.61 Å². The molecule has 2 fully saturated rings. The van der Waals surface area contributed by atoms with Crippen LogP contribution in [-0.2, 0) is 15.7 Å². The molecule has 0 spiro atoms. The summed E-state index contributed by atoms with van der Waals surface area (Å²) in [5.74, 6) is -0.222. The average Bonchev–Trinajstić information content (AvgIpc) is 3.12. The quantitative estimate of drug-likeness (QED) is 0.590. The SMILES string of the molecule is O=C1/C(=C/c2ccc(C(F)(F)F)cc2)SC(=S)N1CC1CCCO1. The molecule has 128 valence electrons. The molecule has 1 aromatic carbocycles. The molecule has 1 unspecified atom stereocenters. The van der Waals surface area contributed by atoms with Gasteiger partial charge in [-0.25, -0.2) is 0 Å². The van der Waals surface area contributed by atoms with Crippen LogP contribution in [0.2, 0.25) is 0 Å². The van der Waals surface area contributed by atoms with Crippen molar-refractivity contribution >= 4 is 40.3 Å². The zero-order chi connectivity index (χ0) is 17.3. The summed E-state index contributed by atoms with van der Waals surface area (Å²) in [5, 5.41) is 0. The van der Waals surface area contributed by atoms with Crippen LogP contribution in [0.1, 0.15) is 24.0 Å². The molecule has 0 bridgehead atoms. The third-order valence-corrected chi connectivity index (χ3v) is 5.20. The second-order valence-corrected chi connectivity index (χ2v) is 7.22. The van der Waals surface area contributed by atoms with Gasteiger partial charge in [-0.3, -0.25) is 9.69 Å². The van der Waals surface area contributed by atoms with E-state index in [4.69, 9.17) is 17.0 Å². The maximum atomic E-state index is 12.6. The molecule has 2 aliphatic rings. The summed E-state index contributed by atoms with van der Waals surface area (Å²) in [7, 11) is 0. The van der Waals surface area contributed by atoms with Gasteiger partial charge < -0.3 is 4.74 Å². The van der Waals surface area contributed by atoms with Gasteiger partial charge in [0.2, 0.25) is 0 Å². The van der Waals surface area contributed by atoms with Crippen molar-refractivity contribution in [3.05, 3.63) is 40.3 Å². The number of thiocarbonyl (C=S) groups is 1. The van der Waals surface area contributed by atoms with E-state index in [1.807, 2.05) is 0 Å². The minimum atomic E-state index is -4.37. The maximum absolute atomic E-state index is 12.6. The van der Waals surface area contributed by atoms with E-state index in [9.17, 15) is 18.0 Å². The number of carbonyl (C=O) groups excluding carboxylic acids is 1. The fourth-order valence-corrected chi connectivity index (χ4v) is 3.84. The summed E-state index contributed by atoms with van der Waals surface area (Å²) in [6.07, 6.45) is -0.938. The van der Waals surface area contributed by atoms with Gasteiger partial charge in [0.05, 0.1) is 23.1 Å².